The number of ether oxygens (including phenoxy) is 1. The number of halogens is 3. The van der Waals surface area contributed by atoms with Crippen LogP contribution in [0.5, 0.6) is 0 Å². The van der Waals surface area contributed by atoms with Gasteiger partial charge in [0.05, 0.1) is 12.2 Å². The van der Waals surface area contributed by atoms with Gasteiger partial charge >= 0.3 is 6.18 Å². The van der Waals surface area contributed by atoms with E-state index in [0.29, 0.717) is 25.9 Å². The fourth-order valence-corrected chi connectivity index (χ4v) is 5.10. The minimum Gasteiger partial charge on any atom is -0.353 e. The summed E-state index contributed by atoms with van der Waals surface area (Å²) in [4.78, 5) is 32.6. The number of hydrogen-bond donors (Lipinski definition) is 0. The molecule has 0 N–H and O–H groups in total. The Morgan fingerprint density at radius 2 is 1.66 bits per heavy atom. The summed E-state index contributed by atoms with van der Waals surface area (Å²) in [6.07, 6.45) is -0.410. The summed E-state index contributed by atoms with van der Waals surface area (Å²) in [7, 11) is 0. The molecule has 176 valence electrons. The number of rotatable bonds is 3. The van der Waals surface area contributed by atoms with E-state index in [-0.39, 0.29) is 18.1 Å². The van der Waals surface area contributed by atoms with Crippen LogP contribution in [-0.2, 0) is 15.7 Å². The summed E-state index contributed by atoms with van der Waals surface area (Å²) in [5.41, 5.74) is -1.52. The van der Waals surface area contributed by atoms with E-state index in [1.807, 2.05) is 0 Å². The second kappa shape index (κ2) is 9.02. The molecule has 3 aliphatic rings. The standard InChI is InChI=1S/C23H30F3N3O3/c1-2-27-12-14-28(15-13-27)21(31)19-16-32-22(10-4-3-5-11-22)29(19)20(30)17-6-8-18(9-7-17)23(24,25)26/h6-9,19H,2-5,10-16H2,1H3. The summed E-state index contributed by atoms with van der Waals surface area (Å²) in [5.74, 6) is -0.577. The van der Waals surface area contributed by atoms with Crippen LogP contribution in [0.2, 0.25) is 0 Å². The van der Waals surface area contributed by atoms with Gasteiger partial charge in [-0.15, -0.1) is 0 Å². The molecule has 1 aromatic rings. The SMILES string of the molecule is CCN1CCN(C(=O)C2COC3(CCCCC3)N2C(=O)c2ccc(C(F)(F)F)cc2)CC1. The van der Waals surface area contributed by atoms with Gasteiger partial charge in [-0.3, -0.25) is 14.5 Å². The topological polar surface area (TPSA) is 53.1 Å². The summed E-state index contributed by atoms with van der Waals surface area (Å²) in [5, 5.41) is 0. The molecule has 9 heteroatoms. The molecule has 1 aliphatic carbocycles. The maximum absolute atomic E-state index is 13.6. The molecular weight excluding hydrogens is 423 g/mol. The van der Waals surface area contributed by atoms with Crippen molar-refractivity contribution < 1.29 is 27.5 Å². The zero-order chi connectivity index (χ0) is 22.9. The highest BCUT2D eigenvalue weighted by Crippen LogP contribution is 2.42. The van der Waals surface area contributed by atoms with Crippen LogP contribution >= 0.6 is 0 Å². The van der Waals surface area contributed by atoms with Gasteiger partial charge in [-0.2, -0.15) is 13.2 Å². The highest BCUT2D eigenvalue weighted by Gasteiger charge is 2.53. The summed E-state index contributed by atoms with van der Waals surface area (Å²) >= 11 is 0. The smallest absolute Gasteiger partial charge is 0.353 e. The van der Waals surface area contributed by atoms with Crippen molar-refractivity contribution in [2.24, 2.45) is 0 Å². The number of carbonyl (C=O) groups excluding carboxylic acids is 2. The molecule has 0 bridgehead atoms. The molecule has 1 unspecified atom stereocenters. The molecule has 2 saturated heterocycles. The Morgan fingerprint density at radius 3 is 2.22 bits per heavy atom. The molecule has 32 heavy (non-hydrogen) atoms. The summed E-state index contributed by atoms with van der Waals surface area (Å²) in [6.45, 7) is 5.90. The lowest BCUT2D eigenvalue weighted by atomic mass is 9.89. The number of likely N-dealkylation sites (N-methyl/N-ethyl adjacent to an activating group) is 1. The number of nitrogens with zero attached hydrogens (tertiary/aromatic N) is 3. The lowest BCUT2D eigenvalue weighted by Gasteiger charge is -2.43. The lowest BCUT2D eigenvalue weighted by molar-refractivity contribution is -0.139. The van der Waals surface area contributed by atoms with Crippen LogP contribution in [0.4, 0.5) is 13.2 Å². The number of hydrogen-bond acceptors (Lipinski definition) is 4. The Kier molecular flexibility index (Phi) is 6.49. The van der Waals surface area contributed by atoms with Crippen LogP contribution in [0.15, 0.2) is 24.3 Å². The fraction of sp³-hybridized carbons (Fsp3) is 0.652. The zero-order valence-corrected chi connectivity index (χ0v) is 18.4. The number of benzene rings is 1. The van der Waals surface area contributed by atoms with Gasteiger partial charge in [0.15, 0.2) is 0 Å². The highest BCUT2D eigenvalue weighted by molar-refractivity contribution is 5.98. The first-order valence-electron chi connectivity index (χ1n) is 11.4. The van der Waals surface area contributed by atoms with Crippen LogP contribution in [0.3, 0.4) is 0 Å². The van der Waals surface area contributed by atoms with E-state index in [1.54, 1.807) is 9.80 Å². The number of piperazine rings is 1. The van der Waals surface area contributed by atoms with Crippen molar-refractivity contribution >= 4 is 11.8 Å². The maximum Gasteiger partial charge on any atom is 0.416 e. The Bertz CT molecular complexity index is 829. The highest BCUT2D eigenvalue weighted by atomic mass is 19.4. The Morgan fingerprint density at radius 1 is 1.03 bits per heavy atom. The molecular formula is C23H30F3N3O3. The fourth-order valence-electron chi connectivity index (χ4n) is 5.10. The monoisotopic (exact) mass is 453 g/mol. The predicted molar refractivity (Wildman–Crippen MR) is 112 cm³/mol. The van der Waals surface area contributed by atoms with E-state index < -0.39 is 29.4 Å². The van der Waals surface area contributed by atoms with Gasteiger partial charge in [0.2, 0.25) is 5.91 Å². The summed E-state index contributed by atoms with van der Waals surface area (Å²) in [6, 6.07) is 3.47. The first-order valence-corrected chi connectivity index (χ1v) is 11.4. The van der Waals surface area contributed by atoms with Gasteiger partial charge in [0.25, 0.3) is 5.91 Å². The lowest BCUT2D eigenvalue weighted by Crippen LogP contribution is -2.59. The maximum atomic E-state index is 13.6. The molecule has 6 nitrogen and oxygen atoms in total. The molecule has 1 aromatic carbocycles. The molecule has 0 radical (unpaired) electrons. The molecule has 3 fully saturated rings. The predicted octanol–water partition coefficient (Wildman–Crippen LogP) is 3.37. The van der Waals surface area contributed by atoms with Gasteiger partial charge in [0.1, 0.15) is 11.8 Å². The van der Waals surface area contributed by atoms with Crippen LogP contribution < -0.4 is 0 Å². The first kappa shape index (κ1) is 23.0. The van der Waals surface area contributed by atoms with E-state index >= 15 is 0 Å². The Labute approximate surface area is 186 Å². The molecule has 1 saturated carbocycles. The first-order chi connectivity index (χ1) is 15.2. The normalized spacial score (nSPS) is 24.2. The van der Waals surface area contributed by atoms with Crippen molar-refractivity contribution in [3.63, 3.8) is 0 Å². The van der Waals surface area contributed by atoms with Gasteiger partial charge < -0.3 is 14.5 Å². The van der Waals surface area contributed by atoms with E-state index in [1.165, 1.54) is 12.1 Å². The number of carbonyl (C=O) groups is 2. The Balaban J connectivity index is 1.59. The van der Waals surface area contributed by atoms with Gasteiger partial charge in [-0.25, -0.2) is 0 Å². The average molecular weight is 454 g/mol. The zero-order valence-electron chi connectivity index (χ0n) is 18.4. The van der Waals surface area contributed by atoms with Gasteiger partial charge in [-0.05, 0) is 56.5 Å². The van der Waals surface area contributed by atoms with E-state index in [0.717, 1.165) is 51.0 Å². The molecule has 0 aromatic heterocycles. The van der Waals surface area contributed by atoms with Crippen molar-refractivity contribution in [3.05, 3.63) is 35.4 Å². The molecule has 2 heterocycles. The van der Waals surface area contributed by atoms with Crippen molar-refractivity contribution in [3.8, 4) is 0 Å². The van der Waals surface area contributed by atoms with Crippen LogP contribution in [-0.4, -0.2) is 77.6 Å². The number of amides is 2. The van der Waals surface area contributed by atoms with Crippen molar-refractivity contribution in [1.82, 2.24) is 14.7 Å². The second-order valence-electron chi connectivity index (χ2n) is 8.84. The third-order valence-corrected chi connectivity index (χ3v) is 6.99. The summed E-state index contributed by atoms with van der Waals surface area (Å²) < 4.78 is 45.0. The molecule has 2 aliphatic heterocycles. The van der Waals surface area contributed by atoms with E-state index in [2.05, 4.69) is 11.8 Å². The third-order valence-electron chi connectivity index (χ3n) is 6.99. The van der Waals surface area contributed by atoms with Crippen LogP contribution in [0.1, 0.15) is 54.9 Å². The van der Waals surface area contributed by atoms with Gasteiger partial charge in [0, 0.05) is 31.7 Å². The van der Waals surface area contributed by atoms with Crippen molar-refractivity contribution in [2.75, 3.05) is 39.3 Å². The molecule has 1 atom stereocenters. The van der Waals surface area contributed by atoms with Crippen LogP contribution in [0, 0.1) is 0 Å². The van der Waals surface area contributed by atoms with Crippen LogP contribution in [0.25, 0.3) is 0 Å². The minimum absolute atomic E-state index is 0.124. The van der Waals surface area contributed by atoms with Gasteiger partial charge in [-0.1, -0.05) is 13.3 Å². The van der Waals surface area contributed by atoms with Crippen molar-refractivity contribution in [1.29, 1.82) is 0 Å². The molecule has 1 spiro atoms. The Hall–Kier alpha value is -2.13. The molecule has 2 amide bonds. The minimum atomic E-state index is -4.47. The van der Waals surface area contributed by atoms with E-state index in [4.69, 9.17) is 4.74 Å². The quantitative estimate of drug-likeness (QED) is 0.704. The van der Waals surface area contributed by atoms with E-state index in [9.17, 15) is 22.8 Å². The second-order valence-corrected chi connectivity index (χ2v) is 8.84. The largest absolute Gasteiger partial charge is 0.416 e. The average Bonchev–Trinajstić information content (AvgIpc) is 3.16. The van der Waals surface area contributed by atoms with Crippen molar-refractivity contribution in [2.45, 2.75) is 57.0 Å². The molecule has 4 rings (SSSR count). The number of alkyl halides is 3. The third kappa shape index (κ3) is 4.37.